The van der Waals surface area contributed by atoms with Gasteiger partial charge in [-0.2, -0.15) is 0 Å². The number of nitrogens with one attached hydrogen (secondary N) is 2. The molecule has 0 aromatic carbocycles. The van der Waals surface area contributed by atoms with Crippen molar-refractivity contribution in [3.8, 4) is 0 Å². The Morgan fingerprint density at radius 2 is 1.90 bits per heavy atom. The molecule has 4 heteroatoms. The number of likely N-dealkylation sites (tertiary alicyclic amines) is 1. The molecule has 3 atom stereocenters. The molecule has 0 bridgehead atoms. The van der Waals surface area contributed by atoms with Crippen molar-refractivity contribution in [2.75, 3.05) is 26.2 Å². The Morgan fingerprint density at radius 3 is 2.55 bits per heavy atom. The minimum Gasteiger partial charge on any atom is -0.326 e. The van der Waals surface area contributed by atoms with Crippen LogP contribution in [0.2, 0.25) is 0 Å². The van der Waals surface area contributed by atoms with E-state index >= 15 is 0 Å². The highest BCUT2D eigenvalue weighted by molar-refractivity contribution is 4.97. The molecule has 2 unspecified atom stereocenters. The Kier molecular flexibility index (Phi) is 4.65. The summed E-state index contributed by atoms with van der Waals surface area (Å²) in [6, 6.07) is 1.65. The summed E-state index contributed by atoms with van der Waals surface area (Å²) in [5.74, 6) is 0. The standard InChI is InChI=1S/C16H32N4/c1-16(8-9-18-12-16)20-10-6-13(7-11-20)19-15-5-3-2-4-14(15)17/h13-15,18-19H,2-12,17H2,1H3/t14-,15?,16?/m0/s1. The molecule has 0 aromatic heterocycles. The SMILES string of the molecule is CC1(N2CCC(NC3CCCC[C@@H]3N)CC2)CCNC1. The van der Waals surface area contributed by atoms with Crippen molar-refractivity contribution < 1.29 is 0 Å². The minimum atomic E-state index is 0.387. The molecule has 2 saturated heterocycles. The Morgan fingerprint density at radius 1 is 1.15 bits per heavy atom. The van der Waals surface area contributed by atoms with Gasteiger partial charge in [-0.3, -0.25) is 4.90 Å². The van der Waals surface area contributed by atoms with Crippen LogP contribution in [-0.2, 0) is 0 Å². The van der Waals surface area contributed by atoms with Crippen LogP contribution in [-0.4, -0.2) is 54.7 Å². The van der Waals surface area contributed by atoms with Gasteiger partial charge in [-0.15, -0.1) is 0 Å². The Hall–Kier alpha value is -0.160. The van der Waals surface area contributed by atoms with Gasteiger partial charge in [0.1, 0.15) is 0 Å². The summed E-state index contributed by atoms with van der Waals surface area (Å²) in [4.78, 5) is 2.71. The minimum absolute atomic E-state index is 0.387. The third-order valence-corrected chi connectivity index (χ3v) is 5.87. The van der Waals surface area contributed by atoms with Crippen LogP contribution in [0, 0.1) is 0 Å². The lowest BCUT2D eigenvalue weighted by Gasteiger charge is -2.44. The van der Waals surface area contributed by atoms with E-state index in [0.29, 0.717) is 23.7 Å². The molecule has 0 spiro atoms. The van der Waals surface area contributed by atoms with Crippen LogP contribution in [0.1, 0.15) is 51.9 Å². The van der Waals surface area contributed by atoms with Crippen LogP contribution in [0.4, 0.5) is 0 Å². The zero-order valence-electron chi connectivity index (χ0n) is 13.0. The van der Waals surface area contributed by atoms with Crippen LogP contribution < -0.4 is 16.4 Å². The van der Waals surface area contributed by atoms with Gasteiger partial charge in [0.25, 0.3) is 0 Å². The van der Waals surface area contributed by atoms with E-state index in [-0.39, 0.29) is 0 Å². The molecule has 1 saturated carbocycles. The summed E-state index contributed by atoms with van der Waals surface area (Å²) < 4.78 is 0. The fourth-order valence-corrected chi connectivity index (χ4v) is 4.33. The highest BCUT2D eigenvalue weighted by atomic mass is 15.2. The fraction of sp³-hybridized carbons (Fsp3) is 1.00. The molecule has 0 amide bonds. The maximum absolute atomic E-state index is 6.26. The van der Waals surface area contributed by atoms with Gasteiger partial charge in [-0.1, -0.05) is 12.8 Å². The first kappa shape index (κ1) is 14.8. The summed E-state index contributed by atoms with van der Waals surface area (Å²) in [7, 11) is 0. The fourth-order valence-electron chi connectivity index (χ4n) is 4.33. The van der Waals surface area contributed by atoms with Gasteiger partial charge in [0, 0.05) is 43.3 Å². The molecule has 1 aliphatic carbocycles. The van der Waals surface area contributed by atoms with Gasteiger partial charge in [0.05, 0.1) is 0 Å². The van der Waals surface area contributed by atoms with Crippen molar-refractivity contribution in [3.63, 3.8) is 0 Å². The smallest absolute Gasteiger partial charge is 0.0317 e. The monoisotopic (exact) mass is 280 g/mol. The Balaban J connectivity index is 1.46. The quantitative estimate of drug-likeness (QED) is 0.724. The van der Waals surface area contributed by atoms with Gasteiger partial charge >= 0.3 is 0 Å². The lowest BCUT2D eigenvalue weighted by atomic mass is 9.89. The molecule has 4 N–H and O–H groups in total. The van der Waals surface area contributed by atoms with E-state index in [1.807, 2.05) is 0 Å². The lowest BCUT2D eigenvalue weighted by Crippen LogP contribution is -2.57. The Bertz CT molecular complexity index is 306. The number of piperidine rings is 1. The first-order valence-corrected chi connectivity index (χ1v) is 8.65. The van der Waals surface area contributed by atoms with Crippen LogP contribution in [0.3, 0.4) is 0 Å². The topological polar surface area (TPSA) is 53.3 Å². The predicted octanol–water partition coefficient (Wildman–Crippen LogP) is 1.06. The zero-order chi connectivity index (χ0) is 14.0. The molecule has 2 heterocycles. The molecule has 3 aliphatic rings. The van der Waals surface area contributed by atoms with Gasteiger partial charge in [0.2, 0.25) is 0 Å². The second kappa shape index (κ2) is 6.30. The van der Waals surface area contributed by atoms with Gasteiger partial charge < -0.3 is 16.4 Å². The molecular formula is C16H32N4. The molecule has 0 radical (unpaired) electrons. The van der Waals surface area contributed by atoms with E-state index in [1.54, 1.807) is 0 Å². The second-order valence-electron chi connectivity index (χ2n) is 7.41. The van der Waals surface area contributed by atoms with Gasteiger partial charge in [-0.05, 0) is 45.6 Å². The van der Waals surface area contributed by atoms with E-state index in [2.05, 4.69) is 22.5 Å². The lowest BCUT2D eigenvalue weighted by molar-refractivity contribution is 0.0792. The van der Waals surface area contributed by atoms with Crippen LogP contribution in [0.25, 0.3) is 0 Å². The van der Waals surface area contributed by atoms with E-state index in [0.717, 1.165) is 0 Å². The van der Waals surface area contributed by atoms with Crippen molar-refractivity contribution in [2.24, 2.45) is 5.73 Å². The number of rotatable bonds is 3. The molecule has 3 rings (SSSR count). The normalized spacial score (nSPS) is 41.1. The number of hydrogen-bond acceptors (Lipinski definition) is 4. The van der Waals surface area contributed by atoms with Crippen LogP contribution >= 0.6 is 0 Å². The van der Waals surface area contributed by atoms with E-state index in [1.165, 1.54) is 71.1 Å². The third-order valence-electron chi connectivity index (χ3n) is 5.87. The molecule has 116 valence electrons. The Labute approximate surface area is 123 Å². The maximum Gasteiger partial charge on any atom is 0.0317 e. The van der Waals surface area contributed by atoms with Crippen LogP contribution in [0.5, 0.6) is 0 Å². The predicted molar refractivity (Wildman–Crippen MR) is 83.9 cm³/mol. The number of nitrogens with two attached hydrogens (primary N) is 1. The molecule has 4 nitrogen and oxygen atoms in total. The third kappa shape index (κ3) is 3.19. The first-order valence-electron chi connectivity index (χ1n) is 8.65. The van der Waals surface area contributed by atoms with Crippen molar-refractivity contribution in [3.05, 3.63) is 0 Å². The average Bonchev–Trinajstić information content (AvgIpc) is 2.90. The highest BCUT2D eigenvalue weighted by Crippen LogP contribution is 2.27. The van der Waals surface area contributed by atoms with Gasteiger partial charge in [0.15, 0.2) is 0 Å². The molecule has 3 fully saturated rings. The maximum atomic E-state index is 6.26. The highest BCUT2D eigenvalue weighted by Gasteiger charge is 2.37. The van der Waals surface area contributed by atoms with Crippen molar-refractivity contribution >= 4 is 0 Å². The summed E-state index contributed by atoms with van der Waals surface area (Å²) in [6.45, 7) is 7.28. The van der Waals surface area contributed by atoms with Crippen molar-refractivity contribution in [1.82, 2.24) is 15.5 Å². The molecule has 0 aromatic rings. The van der Waals surface area contributed by atoms with Crippen LogP contribution in [0.15, 0.2) is 0 Å². The van der Waals surface area contributed by atoms with Crippen molar-refractivity contribution in [1.29, 1.82) is 0 Å². The summed E-state index contributed by atoms with van der Waals surface area (Å²) in [5, 5.41) is 7.38. The van der Waals surface area contributed by atoms with E-state index in [9.17, 15) is 0 Å². The summed E-state index contributed by atoms with van der Waals surface area (Å²) in [5.41, 5.74) is 6.67. The largest absolute Gasteiger partial charge is 0.326 e. The van der Waals surface area contributed by atoms with Gasteiger partial charge in [-0.25, -0.2) is 0 Å². The number of hydrogen-bond donors (Lipinski definition) is 3. The van der Waals surface area contributed by atoms with Crippen molar-refractivity contribution in [2.45, 2.75) is 75.5 Å². The first-order chi connectivity index (χ1) is 9.67. The average molecular weight is 280 g/mol. The van der Waals surface area contributed by atoms with E-state index < -0.39 is 0 Å². The number of nitrogens with zero attached hydrogens (tertiary/aromatic N) is 1. The molecule has 20 heavy (non-hydrogen) atoms. The summed E-state index contributed by atoms with van der Waals surface area (Å²) >= 11 is 0. The second-order valence-corrected chi connectivity index (χ2v) is 7.41. The van der Waals surface area contributed by atoms with E-state index in [4.69, 9.17) is 5.73 Å². The molecular weight excluding hydrogens is 248 g/mol. The molecule has 2 aliphatic heterocycles. The summed E-state index contributed by atoms with van der Waals surface area (Å²) in [6.07, 6.45) is 9.05. The zero-order valence-corrected chi connectivity index (χ0v) is 13.0.